The average molecular weight is 333 g/mol. The molecule has 1 aromatic carbocycles. The summed E-state index contributed by atoms with van der Waals surface area (Å²) in [4.78, 5) is 9.59. The highest BCUT2D eigenvalue weighted by atomic mass is 15.3. The third-order valence-corrected chi connectivity index (χ3v) is 4.57. The molecule has 0 N–H and O–H groups in total. The molecule has 0 fully saturated rings. The van der Waals surface area contributed by atoms with Crippen LogP contribution in [0.2, 0.25) is 0 Å². The Labute approximate surface area is 148 Å². The molecule has 0 amide bonds. The van der Waals surface area contributed by atoms with Crippen molar-refractivity contribution in [2.45, 2.75) is 20.3 Å². The largest absolute Gasteiger partial charge is 0.358 e. The smallest absolute Gasteiger partial charge is 0.103 e. The molecule has 2 aromatic rings. The monoisotopic (exact) mass is 333 g/mol. The number of fused-ring (bicyclic) bond motifs is 1. The van der Waals surface area contributed by atoms with E-state index in [-0.39, 0.29) is 0 Å². The molecule has 0 unspecified atom stereocenters. The topological polar surface area (TPSA) is 36.7 Å². The molecule has 25 heavy (non-hydrogen) atoms. The number of benzene rings is 1. The van der Waals surface area contributed by atoms with Gasteiger partial charge in [-0.3, -0.25) is 0 Å². The molecule has 0 radical (unpaired) electrons. The molecule has 0 atom stereocenters. The number of rotatable bonds is 5. The molecule has 3 heterocycles. The number of nitrogens with zero attached hydrogens (tertiary/aromatic N) is 5. The minimum Gasteiger partial charge on any atom is -0.358 e. The zero-order valence-electron chi connectivity index (χ0n) is 14.8. The first-order valence-electron chi connectivity index (χ1n) is 8.90. The second-order valence-electron chi connectivity index (χ2n) is 6.36. The van der Waals surface area contributed by atoms with Crippen molar-refractivity contribution >= 4 is 5.71 Å². The van der Waals surface area contributed by atoms with Crippen LogP contribution < -0.4 is 0 Å². The number of para-hydroxylation sites is 1. The summed E-state index contributed by atoms with van der Waals surface area (Å²) in [5.41, 5.74) is 5.37. The van der Waals surface area contributed by atoms with E-state index in [1.54, 1.807) is 0 Å². The van der Waals surface area contributed by atoms with Crippen molar-refractivity contribution in [3.63, 3.8) is 0 Å². The van der Waals surface area contributed by atoms with Crippen LogP contribution in [0.1, 0.15) is 25.8 Å². The van der Waals surface area contributed by atoms with Crippen molar-refractivity contribution in [2.75, 3.05) is 19.8 Å². The first-order valence-corrected chi connectivity index (χ1v) is 8.90. The highest BCUT2D eigenvalue weighted by Crippen LogP contribution is 2.29. The fraction of sp³-hybridized carbons (Fsp3) is 0.300. The fourth-order valence-electron chi connectivity index (χ4n) is 3.30. The number of hydrogen-bond acceptors (Lipinski definition) is 4. The van der Waals surface area contributed by atoms with Crippen molar-refractivity contribution in [3.05, 3.63) is 72.0 Å². The van der Waals surface area contributed by atoms with E-state index in [1.807, 2.05) is 35.3 Å². The van der Waals surface area contributed by atoms with Crippen molar-refractivity contribution in [1.29, 1.82) is 0 Å². The van der Waals surface area contributed by atoms with Gasteiger partial charge in [0.15, 0.2) is 0 Å². The Morgan fingerprint density at radius 3 is 2.72 bits per heavy atom. The van der Waals surface area contributed by atoms with E-state index in [0.717, 1.165) is 48.8 Å². The SMILES string of the molecule is CCCN1C=C2N=C(c3cnn(-c4ccccc4)c3)C=C2N(CC)C1. The molecule has 128 valence electrons. The molecule has 5 heteroatoms. The molecule has 0 aliphatic carbocycles. The maximum atomic E-state index is 4.87. The van der Waals surface area contributed by atoms with Gasteiger partial charge in [0.25, 0.3) is 0 Å². The van der Waals surface area contributed by atoms with E-state index in [4.69, 9.17) is 4.99 Å². The molecule has 4 rings (SSSR count). The van der Waals surface area contributed by atoms with E-state index in [1.165, 1.54) is 5.70 Å². The van der Waals surface area contributed by atoms with Crippen LogP contribution in [0.4, 0.5) is 0 Å². The van der Waals surface area contributed by atoms with E-state index in [0.29, 0.717) is 0 Å². The van der Waals surface area contributed by atoms with Gasteiger partial charge in [-0.15, -0.1) is 0 Å². The Balaban J connectivity index is 1.64. The second-order valence-corrected chi connectivity index (χ2v) is 6.36. The Morgan fingerprint density at radius 1 is 1.12 bits per heavy atom. The van der Waals surface area contributed by atoms with Crippen molar-refractivity contribution in [3.8, 4) is 5.69 Å². The predicted octanol–water partition coefficient (Wildman–Crippen LogP) is 3.41. The van der Waals surface area contributed by atoms with E-state index >= 15 is 0 Å². The van der Waals surface area contributed by atoms with Crippen LogP contribution >= 0.6 is 0 Å². The minimum atomic E-state index is 0.936. The van der Waals surface area contributed by atoms with Gasteiger partial charge in [0, 0.05) is 31.0 Å². The number of hydrogen-bond donors (Lipinski definition) is 0. The van der Waals surface area contributed by atoms with Crippen LogP contribution in [0.25, 0.3) is 5.69 Å². The minimum absolute atomic E-state index is 0.936. The normalized spacial score (nSPS) is 16.5. The van der Waals surface area contributed by atoms with Crippen molar-refractivity contribution < 1.29 is 0 Å². The molecule has 1 aromatic heterocycles. The highest BCUT2D eigenvalue weighted by Gasteiger charge is 2.26. The molecular formula is C20H23N5. The molecule has 0 saturated heterocycles. The third kappa shape index (κ3) is 2.97. The summed E-state index contributed by atoms with van der Waals surface area (Å²) in [6.07, 6.45) is 9.45. The average Bonchev–Trinajstić information content (AvgIpc) is 3.29. The summed E-state index contributed by atoms with van der Waals surface area (Å²) < 4.78 is 1.90. The molecular weight excluding hydrogens is 310 g/mol. The van der Waals surface area contributed by atoms with Gasteiger partial charge >= 0.3 is 0 Å². The number of aliphatic imine (C=N–C) groups is 1. The third-order valence-electron chi connectivity index (χ3n) is 4.57. The van der Waals surface area contributed by atoms with Crippen LogP contribution in [0.3, 0.4) is 0 Å². The molecule has 2 aliphatic heterocycles. The summed E-state index contributed by atoms with van der Waals surface area (Å²) in [6.45, 7) is 7.38. The molecule has 2 aliphatic rings. The zero-order valence-corrected chi connectivity index (χ0v) is 14.8. The van der Waals surface area contributed by atoms with Gasteiger partial charge in [0.1, 0.15) is 5.70 Å². The van der Waals surface area contributed by atoms with Crippen LogP contribution in [0.15, 0.2) is 71.4 Å². The lowest BCUT2D eigenvalue weighted by molar-refractivity contribution is 0.203. The van der Waals surface area contributed by atoms with E-state index in [2.05, 4.69) is 53.2 Å². The van der Waals surface area contributed by atoms with Gasteiger partial charge in [0.05, 0.1) is 30.0 Å². The lowest BCUT2D eigenvalue weighted by atomic mass is 10.2. The number of allylic oxidation sites excluding steroid dienone is 1. The lowest BCUT2D eigenvalue weighted by Crippen LogP contribution is -2.38. The number of aromatic nitrogens is 2. The Kier molecular flexibility index (Phi) is 4.14. The van der Waals surface area contributed by atoms with Gasteiger partial charge in [-0.05, 0) is 31.6 Å². The van der Waals surface area contributed by atoms with Gasteiger partial charge in [-0.25, -0.2) is 9.67 Å². The summed E-state index contributed by atoms with van der Waals surface area (Å²) in [5.74, 6) is 0. The maximum absolute atomic E-state index is 4.87. The van der Waals surface area contributed by atoms with Gasteiger partial charge in [-0.1, -0.05) is 25.1 Å². The summed E-state index contributed by atoms with van der Waals surface area (Å²) in [5, 5.41) is 4.50. The standard InChI is InChI=1S/C20H23N5/c1-3-10-23-14-19-20(24(4-2)15-23)11-18(22-19)16-12-21-25(13-16)17-8-6-5-7-9-17/h5-9,11-14H,3-4,10,15H2,1-2H3. The van der Waals surface area contributed by atoms with Gasteiger partial charge in [-0.2, -0.15) is 5.10 Å². The fourth-order valence-corrected chi connectivity index (χ4v) is 3.30. The van der Waals surface area contributed by atoms with Crippen LogP contribution in [-0.4, -0.2) is 45.1 Å². The van der Waals surface area contributed by atoms with Crippen LogP contribution in [0, 0.1) is 0 Å². The number of likely N-dealkylation sites (N-methyl/N-ethyl adjacent to an activating group) is 1. The van der Waals surface area contributed by atoms with Crippen molar-refractivity contribution in [1.82, 2.24) is 19.6 Å². The van der Waals surface area contributed by atoms with E-state index < -0.39 is 0 Å². The molecule has 5 nitrogen and oxygen atoms in total. The summed E-state index contributed by atoms with van der Waals surface area (Å²) in [7, 11) is 0. The van der Waals surface area contributed by atoms with Crippen molar-refractivity contribution in [2.24, 2.45) is 4.99 Å². The zero-order chi connectivity index (χ0) is 17.2. The lowest BCUT2D eigenvalue weighted by Gasteiger charge is -2.35. The highest BCUT2D eigenvalue weighted by molar-refractivity contribution is 6.11. The second kappa shape index (κ2) is 6.59. The molecule has 0 bridgehead atoms. The first-order chi connectivity index (χ1) is 12.3. The predicted molar refractivity (Wildman–Crippen MR) is 101 cm³/mol. The Hall–Kier alpha value is -2.82. The van der Waals surface area contributed by atoms with Gasteiger partial charge < -0.3 is 9.80 Å². The Morgan fingerprint density at radius 2 is 1.96 bits per heavy atom. The molecule has 0 spiro atoms. The van der Waals surface area contributed by atoms with Crippen LogP contribution in [0.5, 0.6) is 0 Å². The quantitative estimate of drug-likeness (QED) is 0.841. The van der Waals surface area contributed by atoms with Gasteiger partial charge in [0.2, 0.25) is 0 Å². The van der Waals surface area contributed by atoms with Crippen LogP contribution in [-0.2, 0) is 0 Å². The first kappa shape index (κ1) is 15.7. The molecule has 0 saturated carbocycles. The Bertz CT molecular complexity index is 844. The summed E-state index contributed by atoms with van der Waals surface area (Å²) in [6, 6.07) is 10.2. The van der Waals surface area contributed by atoms with E-state index in [9.17, 15) is 0 Å². The maximum Gasteiger partial charge on any atom is 0.103 e. The summed E-state index contributed by atoms with van der Waals surface area (Å²) >= 11 is 0.